The zero-order valence-electron chi connectivity index (χ0n) is 12.7. The van der Waals surface area contributed by atoms with Crippen LogP contribution in [-0.2, 0) is 0 Å². The molecule has 0 amide bonds. The van der Waals surface area contributed by atoms with Crippen LogP contribution in [0.1, 0.15) is 30.3 Å². The second kappa shape index (κ2) is 5.85. The quantitative estimate of drug-likeness (QED) is 0.789. The number of rotatable bonds is 5. The molecule has 5 nitrogen and oxygen atoms in total. The van der Waals surface area contributed by atoms with E-state index in [2.05, 4.69) is 21.7 Å². The Kier molecular flexibility index (Phi) is 3.92. The van der Waals surface area contributed by atoms with Crippen molar-refractivity contribution in [3.8, 4) is 0 Å². The van der Waals surface area contributed by atoms with Gasteiger partial charge in [0.25, 0.3) is 0 Å². The zero-order chi connectivity index (χ0) is 14.8. The molecule has 2 aromatic rings. The van der Waals surface area contributed by atoms with Crippen molar-refractivity contribution in [2.24, 2.45) is 0 Å². The van der Waals surface area contributed by atoms with Crippen molar-refractivity contribution in [3.63, 3.8) is 0 Å². The molecule has 1 unspecified atom stereocenters. The van der Waals surface area contributed by atoms with Gasteiger partial charge in [-0.3, -0.25) is 14.1 Å². The van der Waals surface area contributed by atoms with Crippen LogP contribution in [0.25, 0.3) is 5.65 Å². The molecule has 3 rings (SSSR count). The molecule has 0 aromatic carbocycles. The molecular formula is C16H22N4O. The fourth-order valence-corrected chi connectivity index (χ4v) is 3.31. The predicted octanol–water partition coefficient (Wildman–Crippen LogP) is 2.07. The SMILES string of the molecule is CCN1CCCC1CN(C)c1nc2ccccn2c1C=O. The van der Waals surface area contributed by atoms with Gasteiger partial charge in [-0.15, -0.1) is 0 Å². The highest BCUT2D eigenvalue weighted by Crippen LogP contribution is 2.23. The summed E-state index contributed by atoms with van der Waals surface area (Å²) in [4.78, 5) is 20.7. The average molecular weight is 286 g/mol. The highest BCUT2D eigenvalue weighted by Gasteiger charge is 2.25. The Morgan fingerprint density at radius 3 is 3.10 bits per heavy atom. The van der Waals surface area contributed by atoms with Gasteiger partial charge >= 0.3 is 0 Å². The molecule has 0 N–H and O–H groups in total. The third kappa shape index (κ3) is 2.53. The first-order valence-corrected chi connectivity index (χ1v) is 7.62. The van der Waals surface area contributed by atoms with Crippen LogP contribution >= 0.6 is 0 Å². The summed E-state index contributed by atoms with van der Waals surface area (Å²) >= 11 is 0. The number of imidazole rings is 1. The first-order valence-electron chi connectivity index (χ1n) is 7.62. The molecular weight excluding hydrogens is 264 g/mol. The summed E-state index contributed by atoms with van der Waals surface area (Å²) in [5.74, 6) is 0.777. The Hall–Kier alpha value is -1.88. The van der Waals surface area contributed by atoms with Crippen LogP contribution in [-0.4, -0.2) is 53.3 Å². The van der Waals surface area contributed by atoms with E-state index in [1.54, 1.807) is 0 Å². The maximum atomic E-state index is 11.5. The molecule has 0 bridgehead atoms. The molecule has 0 saturated carbocycles. The topological polar surface area (TPSA) is 40.9 Å². The molecule has 0 radical (unpaired) electrons. The Morgan fingerprint density at radius 1 is 1.48 bits per heavy atom. The average Bonchev–Trinajstić information content (AvgIpc) is 3.10. The normalized spacial score (nSPS) is 19.2. The maximum absolute atomic E-state index is 11.5. The second-order valence-corrected chi connectivity index (χ2v) is 5.67. The van der Waals surface area contributed by atoms with Crippen LogP contribution in [0.4, 0.5) is 5.82 Å². The minimum atomic E-state index is 0.560. The molecule has 0 spiro atoms. The number of anilines is 1. The van der Waals surface area contributed by atoms with Gasteiger partial charge in [-0.1, -0.05) is 13.0 Å². The summed E-state index contributed by atoms with van der Waals surface area (Å²) in [6.07, 6.45) is 5.27. The van der Waals surface area contributed by atoms with Gasteiger partial charge in [0.1, 0.15) is 11.3 Å². The Morgan fingerprint density at radius 2 is 2.33 bits per heavy atom. The molecule has 3 heterocycles. The van der Waals surface area contributed by atoms with Crippen molar-refractivity contribution < 1.29 is 4.79 Å². The standard InChI is InChI=1S/C16H22N4O/c1-3-19-9-6-7-13(19)11-18(2)16-14(12-21)20-10-5-4-8-15(20)17-16/h4-5,8,10,12-13H,3,6-7,9,11H2,1-2H3. The number of carbonyl (C=O) groups excluding carboxylic acids is 1. The number of aromatic nitrogens is 2. The largest absolute Gasteiger partial charge is 0.356 e. The molecule has 2 aromatic heterocycles. The van der Waals surface area contributed by atoms with Crippen molar-refractivity contribution in [1.82, 2.24) is 14.3 Å². The summed E-state index contributed by atoms with van der Waals surface area (Å²) in [5.41, 5.74) is 1.45. The molecule has 1 aliphatic rings. The Labute approximate surface area is 125 Å². The first kappa shape index (κ1) is 14.1. The monoisotopic (exact) mass is 286 g/mol. The van der Waals surface area contributed by atoms with Gasteiger partial charge in [0.2, 0.25) is 0 Å². The number of likely N-dealkylation sites (tertiary alicyclic amines) is 1. The van der Waals surface area contributed by atoms with Gasteiger partial charge in [0.05, 0.1) is 0 Å². The van der Waals surface area contributed by atoms with Crippen molar-refractivity contribution in [2.45, 2.75) is 25.8 Å². The number of pyridine rings is 1. The number of nitrogens with zero attached hydrogens (tertiary/aromatic N) is 4. The molecule has 1 saturated heterocycles. The van der Waals surface area contributed by atoms with E-state index >= 15 is 0 Å². The van der Waals surface area contributed by atoms with Gasteiger partial charge in [-0.25, -0.2) is 4.98 Å². The smallest absolute Gasteiger partial charge is 0.170 e. The van der Waals surface area contributed by atoms with E-state index in [1.807, 2.05) is 35.8 Å². The number of fused-ring (bicyclic) bond motifs is 1. The summed E-state index contributed by atoms with van der Waals surface area (Å²) < 4.78 is 1.85. The van der Waals surface area contributed by atoms with Crippen molar-refractivity contribution in [3.05, 3.63) is 30.1 Å². The third-order valence-electron chi connectivity index (χ3n) is 4.41. The Balaban J connectivity index is 1.87. The Bertz CT molecular complexity index is 636. The van der Waals surface area contributed by atoms with Crippen molar-refractivity contribution in [1.29, 1.82) is 0 Å². The molecule has 21 heavy (non-hydrogen) atoms. The number of likely N-dealkylation sites (N-methyl/N-ethyl adjacent to an activating group) is 2. The van der Waals surface area contributed by atoms with Crippen LogP contribution in [0.2, 0.25) is 0 Å². The number of carbonyl (C=O) groups is 1. The highest BCUT2D eigenvalue weighted by atomic mass is 16.1. The van der Waals surface area contributed by atoms with E-state index in [1.165, 1.54) is 19.4 Å². The van der Waals surface area contributed by atoms with Gasteiger partial charge < -0.3 is 4.90 Å². The lowest BCUT2D eigenvalue weighted by Crippen LogP contribution is -2.39. The van der Waals surface area contributed by atoms with E-state index < -0.39 is 0 Å². The number of hydrogen-bond acceptors (Lipinski definition) is 4. The number of hydrogen-bond donors (Lipinski definition) is 0. The lowest BCUT2D eigenvalue weighted by Gasteiger charge is -2.28. The first-order chi connectivity index (χ1) is 10.2. The molecule has 1 aliphatic heterocycles. The zero-order valence-corrected chi connectivity index (χ0v) is 12.7. The molecule has 1 atom stereocenters. The lowest BCUT2D eigenvalue weighted by molar-refractivity contribution is 0.111. The summed E-state index contributed by atoms with van der Waals surface area (Å²) in [6, 6.07) is 6.35. The van der Waals surface area contributed by atoms with Gasteiger partial charge in [-0.2, -0.15) is 0 Å². The molecule has 1 fully saturated rings. The van der Waals surface area contributed by atoms with Crippen LogP contribution in [0.5, 0.6) is 0 Å². The molecule has 5 heteroatoms. The van der Waals surface area contributed by atoms with Crippen molar-refractivity contribution in [2.75, 3.05) is 31.6 Å². The van der Waals surface area contributed by atoms with E-state index in [-0.39, 0.29) is 0 Å². The summed E-state index contributed by atoms with van der Waals surface area (Å²) in [7, 11) is 2.03. The summed E-state index contributed by atoms with van der Waals surface area (Å²) in [6.45, 7) is 5.39. The van der Waals surface area contributed by atoms with E-state index in [9.17, 15) is 4.79 Å². The van der Waals surface area contributed by atoms with Crippen LogP contribution in [0.15, 0.2) is 24.4 Å². The minimum absolute atomic E-state index is 0.560. The van der Waals surface area contributed by atoms with E-state index in [0.717, 1.165) is 30.8 Å². The van der Waals surface area contributed by atoms with Gasteiger partial charge in [0, 0.05) is 25.8 Å². The lowest BCUT2D eigenvalue weighted by atomic mass is 10.2. The fraction of sp³-hybridized carbons (Fsp3) is 0.500. The van der Waals surface area contributed by atoms with Gasteiger partial charge in [-0.05, 0) is 38.1 Å². The fourth-order valence-electron chi connectivity index (χ4n) is 3.31. The van der Waals surface area contributed by atoms with E-state index in [4.69, 9.17) is 0 Å². The van der Waals surface area contributed by atoms with Gasteiger partial charge in [0.15, 0.2) is 12.1 Å². The van der Waals surface area contributed by atoms with Crippen molar-refractivity contribution >= 4 is 17.8 Å². The highest BCUT2D eigenvalue weighted by molar-refractivity contribution is 5.83. The van der Waals surface area contributed by atoms with Crippen LogP contribution in [0.3, 0.4) is 0 Å². The van der Waals surface area contributed by atoms with Crippen LogP contribution < -0.4 is 4.90 Å². The maximum Gasteiger partial charge on any atom is 0.170 e. The number of aldehydes is 1. The summed E-state index contributed by atoms with van der Waals surface area (Å²) in [5, 5.41) is 0. The van der Waals surface area contributed by atoms with E-state index in [0.29, 0.717) is 11.7 Å². The molecule has 112 valence electrons. The molecule has 0 aliphatic carbocycles. The minimum Gasteiger partial charge on any atom is -0.356 e. The van der Waals surface area contributed by atoms with Crippen LogP contribution in [0, 0.1) is 0 Å². The predicted molar refractivity (Wildman–Crippen MR) is 84.1 cm³/mol. The third-order valence-corrected chi connectivity index (χ3v) is 4.41. The second-order valence-electron chi connectivity index (χ2n) is 5.67.